The first kappa shape index (κ1) is 82.7. The topological polar surface area (TPSA) is 307 Å². The summed E-state index contributed by atoms with van der Waals surface area (Å²) >= 11 is 0. The summed E-state index contributed by atoms with van der Waals surface area (Å²) in [7, 11) is 0. The van der Waals surface area contributed by atoms with Crippen molar-refractivity contribution in [3.8, 4) is 0 Å². The van der Waals surface area contributed by atoms with E-state index in [1.807, 2.05) is 6.08 Å². The number of unbranched alkanes of at least 4 members (excludes halogenated alkanes) is 31. The Bertz CT molecular complexity index is 1890. The SMILES string of the molecule is CCCCCCC/C=C\C/C=C\CCCCCCCCCCCC(=O)NC(COC1OC(CO)C(OC2OC(CO)C(OC3OC(CO)C(O)C(O)C3O)C(O)C2O)C(O)C1O)C(O)/C=C/CC/C=C/CC/C=C/CCCCCCCCCCCCCCCCC. The van der Waals surface area contributed by atoms with Crippen LogP contribution in [0.1, 0.15) is 258 Å². The zero-order valence-corrected chi connectivity index (χ0v) is 56.1. The summed E-state index contributed by atoms with van der Waals surface area (Å²) in [5, 5.41) is 121. The molecular weight excluding hydrogens is 1170 g/mol. The highest BCUT2D eigenvalue weighted by atomic mass is 16.8. The van der Waals surface area contributed by atoms with Gasteiger partial charge in [0.2, 0.25) is 5.91 Å². The van der Waals surface area contributed by atoms with E-state index in [0.29, 0.717) is 12.8 Å². The molecule has 3 aliphatic heterocycles. The standard InChI is InChI=1S/C72H129NO18/c1-3-5-7-9-11-13-15-17-19-21-23-25-26-27-28-30-31-33-35-37-39-41-43-45-47-49-56(77)55(73-60(78)50-48-46-44-42-40-38-36-34-32-29-24-22-20-18-16-14-12-10-8-6-4-2)54-86-70-66(84)63(81)68(58(52-75)88-70)91-72-67(85)64(82)69(59(53-76)89-72)90-71-65(83)62(80)61(79)57(51-74)87-71/h16,18,22,24,31,33,39,41,47,49,55-59,61-72,74-77,79-85H,3-15,17,19-21,23,25-30,32,34-38,40,42-46,48,50-54H2,1-2H3,(H,73,78)/b18-16-,24-22-,33-31+,41-39+,49-47+. The molecule has 0 spiro atoms. The molecule has 91 heavy (non-hydrogen) atoms. The Labute approximate surface area is 547 Å². The molecule has 0 radical (unpaired) electrons. The van der Waals surface area contributed by atoms with Crippen LogP contribution in [0.15, 0.2) is 60.8 Å². The number of rotatable bonds is 55. The van der Waals surface area contributed by atoms with Crippen LogP contribution in [0.2, 0.25) is 0 Å². The van der Waals surface area contributed by atoms with Crippen molar-refractivity contribution < 1.29 is 89.4 Å². The van der Waals surface area contributed by atoms with Gasteiger partial charge < -0.3 is 89.9 Å². The average Bonchev–Trinajstić information content (AvgIpc) is 0.883. The Balaban J connectivity index is 1.45. The van der Waals surface area contributed by atoms with Gasteiger partial charge in [-0.3, -0.25) is 4.79 Å². The highest BCUT2D eigenvalue weighted by Crippen LogP contribution is 2.33. The number of nitrogens with one attached hydrogen (secondary N) is 1. The monoisotopic (exact) mass is 1300 g/mol. The van der Waals surface area contributed by atoms with Crippen LogP contribution in [0.4, 0.5) is 0 Å². The second-order valence-electron chi connectivity index (χ2n) is 25.7. The number of aliphatic hydroxyl groups excluding tert-OH is 11. The van der Waals surface area contributed by atoms with Crippen LogP contribution in [0, 0.1) is 0 Å². The number of allylic oxidation sites excluding steroid dienone is 9. The fourth-order valence-corrected chi connectivity index (χ4v) is 11.9. The van der Waals surface area contributed by atoms with Crippen molar-refractivity contribution in [2.24, 2.45) is 0 Å². The van der Waals surface area contributed by atoms with Gasteiger partial charge in [-0.1, -0.05) is 235 Å². The molecule has 0 aromatic rings. The maximum absolute atomic E-state index is 13.4. The molecule has 0 bridgehead atoms. The number of ether oxygens (including phenoxy) is 6. The van der Waals surface area contributed by atoms with Crippen LogP contribution >= 0.6 is 0 Å². The van der Waals surface area contributed by atoms with E-state index in [-0.39, 0.29) is 18.9 Å². The number of carbonyl (C=O) groups is 1. The van der Waals surface area contributed by atoms with Crippen molar-refractivity contribution >= 4 is 5.91 Å². The van der Waals surface area contributed by atoms with E-state index in [1.165, 1.54) is 161 Å². The first-order chi connectivity index (χ1) is 44.3. The van der Waals surface area contributed by atoms with E-state index in [2.05, 4.69) is 67.8 Å². The van der Waals surface area contributed by atoms with Gasteiger partial charge in [0.25, 0.3) is 0 Å². The maximum atomic E-state index is 13.4. The molecule has 530 valence electrons. The molecule has 17 unspecified atom stereocenters. The van der Waals surface area contributed by atoms with Gasteiger partial charge >= 0.3 is 0 Å². The van der Waals surface area contributed by atoms with Crippen molar-refractivity contribution in [1.29, 1.82) is 0 Å². The summed E-state index contributed by atoms with van der Waals surface area (Å²) in [5.74, 6) is -0.294. The lowest BCUT2D eigenvalue weighted by Crippen LogP contribution is -2.66. The summed E-state index contributed by atoms with van der Waals surface area (Å²) in [4.78, 5) is 13.4. The fraction of sp³-hybridized carbons (Fsp3) is 0.847. The van der Waals surface area contributed by atoms with Gasteiger partial charge in [-0.05, 0) is 77.0 Å². The Morgan fingerprint density at radius 1 is 0.396 bits per heavy atom. The molecule has 3 saturated heterocycles. The van der Waals surface area contributed by atoms with Crippen molar-refractivity contribution in [2.45, 2.75) is 362 Å². The van der Waals surface area contributed by atoms with E-state index < -0.39 is 124 Å². The van der Waals surface area contributed by atoms with E-state index in [0.717, 1.165) is 64.2 Å². The molecule has 3 rings (SSSR count). The highest BCUT2D eigenvalue weighted by molar-refractivity contribution is 5.76. The van der Waals surface area contributed by atoms with Gasteiger partial charge in [0.05, 0.1) is 38.6 Å². The molecule has 19 heteroatoms. The Kier molecular flexibility index (Phi) is 48.7. The summed E-state index contributed by atoms with van der Waals surface area (Å²) in [5.41, 5.74) is 0. The van der Waals surface area contributed by atoms with Crippen LogP contribution in [-0.2, 0) is 33.2 Å². The zero-order chi connectivity index (χ0) is 66.1. The summed E-state index contributed by atoms with van der Waals surface area (Å²) in [6, 6.07) is -1.00. The zero-order valence-electron chi connectivity index (χ0n) is 56.1. The molecule has 3 aliphatic rings. The lowest BCUT2D eigenvalue weighted by atomic mass is 9.96. The Morgan fingerprint density at radius 3 is 1.16 bits per heavy atom. The number of hydrogen-bond acceptors (Lipinski definition) is 18. The molecular formula is C72H129NO18. The van der Waals surface area contributed by atoms with Gasteiger partial charge in [0.1, 0.15) is 73.2 Å². The van der Waals surface area contributed by atoms with Crippen LogP contribution in [0.3, 0.4) is 0 Å². The molecule has 0 saturated carbocycles. The van der Waals surface area contributed by atoms with Gasteiger partial charge in [0.15, 0.2) is 18.9 Å². The first-order valence-corrected chi connectivity index (χ1v) is 36.0. The molecule has 0 aromatic heterocycles. The lowest BCUT2D eigenvalue weighted by Gasteiger charge is -2.48. The van der Waals surface area contributed by atoms with Crippen molar-refractivity contribution in [3.05, 3.63) is 60.8 Å². The first-order valence-electron chi connectivity index (χ1n) is 36.0. The molecule has 0 aromatic carbocycles. The van der Waals surface area contributed by atoms with Crippen molar-refractivity contribution in [2.75, 3.05) is 26.4 Å². The number of aliphatic hydroxyl groups is 11. The van der Waals surface area contributed by atoms with Crippen LogP contribution in [-0.4, -0.2) is 193 Å². The Morgan fingerprint density at radius 2 is 0.736 bits per heavy atom. The van der Waals surface area contributed by atoms with Crippen molar-refractivity contribution in [1.82, 2.24) is 5.32 Å². The third-order valence-electron chi connectivity index (χ3n) is 17.8. The van der Waals surface area contributed by atoms with Gasteiger partial charge in [-0.15, -0.1) is 0 Å². The summed E-state index contributed by atoms with van der Waals surface area (Å²) in [6.07, 6.45) is 39.1. The molecule has 3 heterocycles. The van der Waals surface area contributed by atoms with Crippen LogP contribution in [0.5, 0.6) is 0 Å². The largest absolute Gasteiger partial charge is 0.394 e. The minimum atomic E-state index is -1.98. The molecule has 1 amide bonds. The van der Waals surface area contributed by atoms with Crippen LogP contribution in [0.25, 0.3) is 0 Å². The molecule has 0 aliphatic carbocycles. The summed E-state index contributed by atoms with van der Waals surface area (Å²) in [6.45, 7) is 1.71. The van der Waals surface area contributed by atoms with E-state index >= 15 is 0 Å². The van der Waals surface area contributed by atoms with Crippen molar-refractivity contribution in [3.63, 3.8) is 0 Å². The molecule has 12 N–H and O–H groups in total. The van der Waals surface area contributed by atoms with Gasteiger partial charge in [-0.25, -0.2) is 0 Å². The molecule has 19 nitrogen and oxygen atoms in total. The minimum absolute atomic E-state index is 0.225. The van der Waals surface area contributed by atoms with Crippen LogP contribution < -0.4 is 5.32 Å². The van der Waals surface area contributed by atoms with Gasteiger partial charge in [-0.2, -0.15) is 0 Å². The predicted octanol–water partition coefficient (Wildman–Crippen LogP) is 9.94. The van der Waals surface area contributed by atoms with Gasteiger partial charge in [0, 0.05) is 6.42 Å². The predicted molar refractivity (Wildman–Crippen MR) is 355 cm³/mol. The Hall–Kier alpha value is -2.51. The highest BCUT2D eigenvalue weighted by Gasteiger charge is 2.53. The quantitative estimate of drug-likeness (QED) is 0.0199. The second kappa shape index (κ2) is 53.6. The van der Waals surface area contributed by atoms with E-state index in [4.69, 9.17) is 28.4 Å². The third kappa shape index (κ3) is 35.4. The third-order valence-corrected chi connectivity index (χ3v) is 17.8. The smallest absolute Gasteiger partial charge is 0.220 e. The lowest BCUT2D eigenvalue weighted by molar-refractivity contribution is -0.379. The fourth-order valence-electron chi connectivity index (χ4n) is 11.9. The minimum Gasteiger partial charge on any atom is -0.394 e. The number of amides is 1. The maximum Gasteiger partial charge on any atom is 0.220 e. The number of hydrogen-bond donors (Lipinski definition) is 12. The van der Waals surface area contributed by atoms with E-state index in [9.17, 15) is 61.0 Å². The molecule has 3 fully saturated rings. The second-order valence-corrected chi connectivity index (χ2v) is 25.7. The molecule has 17 atom stereocenters. The number of carbonyl (C=O) groups excluding carboxylic acids is 1. The van der Waals surface area contributed by atoms with E-state index in [1.54, 1.807) is 6.08 Å². The normalized spacial score (nSPS) is 28.2. The summed E-state index contributed by atoms with van der Waals surface area (Å²) < 4.78 is 34.3. The average molecular weight is 1300 g/mol.